The molecule has 0 saturated carbocycles. The molecule has 0 amide bonds. The minimum atomic E-state index is -4.76. The summed E-state index contributed by atoms with van der Waals surface area (Å²) in [6.45, 7) is 1.13. The summed E-state index contributed by atoms with van der Waals surface area (Å²) in [6.07, 6.45) is -14.6. The number of ketones is 1. The number of anilines is 2. The van der Waals surface area contributed by atoms with Crippen molar-refractivity contribution in [1.29, 1.82) is 0 Å². The normalized spacial score (nSPS) is 15.7. The number of fused-ring (bicyclic) bond motifs is 1. The van der Waals surface area contributed by atoms with Gasteiger partial charge in [0.2, 0.25) is 19.2 Å². The number of rotatable bonds is 12. The number of aromatic nitrogens is 7. The number of carbonyl (C=O) groups is 2. The summed E-state index contributed by atoms with van der Waals surface area (Å²) in [7, 11) is 0.389. The van der Waals surface area contributed by atoms with Crippen LogP contribution >= 0.6 is 43.2 Å². The summed E-state index contributed by atoms with van der Waals surface area (Å²) < 4.78 is 156. The molecule has 3 N–H and O–H groups in total. The van der Waals surface area contributed by atoms with Crippen LogP contribution in [0.1, 0.15) is 72.4 Å². The van der Waals surface area contributed by atoms with E-state index in [1.807, 2.05) is 24.3 Å². The van der Waals surface area contributed by atoms with Gasteiger partial charge in [-0.3, -0.25) is 4.79 Å². The van der Waals surface area contributed by atoms with E-state index < -0.39 is 65.5 Å². The van der Waals surface area contributed by atoms with Gasteiger partial charge in [0.25, 0.3) is 0 Å². The van der Waals surface area contributed by atoms with E-state index in [1.54, 1.807) is 0 Å². The second kappa shape index (κ2) is 27.5. The number of aryl methyl sites for hydroxylation is 1. The quantitative estimate of drug-likeness (QED) is 0.0672. The number of nitrogens with zero attached hydrogens (tertiary/aromatic N) is 9. The molecule has 3 aromatic heterocycles. The van der Waals surface area contributed by atoms with Crippen LogP contribution in [0.25, 0.3) is 11.0 Å². The molecule has 2 aliphatic heterocycles. The van der Waals surface area contributed by atoms with E-state index >= 15 is 0 Å². The fourth-order valence-corrected chi connectivity index (χ4v) is 8.22. The Morgan fingerprint density at radius 3 is 1.59 bits per heavy atom. The van der Waals surface area contributed by atoms with Crippen LogP contribution in [0.2, 0.25) is 10.3 Å². The summed E-state index contributed by atoms with van der Waals surface area (Å²) in [5, 5.41) is 15.9. The number of alkyl halides is 12. The van der Waals surface area contributed by atoms with Crippen LogP contribution in [-0.2, 0) is 58.9 Å². The van der Waals surface area contributed by atoms with Crippen LogP contribution in [0.15, 0.2) is 84.9 Å². The van der Waals surface area contributed by atoms with Gasteiger partial charge in [0, 0.05) is 31.6 Å². The monoisotopic (exact) mass is 1180 g/mol. The van der Waals surface area contributed by atoms with Gasteiger partial charge in [0.15, 0.2) is 5.78 Å². The Balaban J connectivity index is 0.000000236. The van der Waals surface area contributed by atoms with Crippen molar-refractivity contribution in [3.8, 4) is 0 Å². The summed E-state index contributed by atoms with van der Waals surface area (Å²) in [5.74, 6) is -4.15. The van der Waals surface area contributed by atoms with Gasteiger partial charge < -0.3 is 25.3 Å². The van der Waals surface area contributed by atoms with Crippen molar-refractivity contribution < 1.29 is 72.0 Å². The molecule has 0 bridgehead atoms. The van der Waals surface area contributed by atoms with Gasteiger partial charge in [-0.1, -0.05) is 64.4 Å². The molecular formula is C45H42Cl3F12N10O4PS. The van der Waals surface area contributed by atoms with E-state index in [2.05, 4.69) is 42.1 Å². The zero-order chi connectivity index (χ0) is 55.3. The maximum absolute atomic E-state index is 13.0. The first-order valence-electron chi connectivity index (χ1n) is 22.0. The van der Waals surface area contributed by atoms with E-state index in [4.69, 9.17) is 38.7 Å². The molecule has 6 aromatic rings. The zero-order valence-corrected chi connectivity index (χ0v) is 42.9. The number of hydrogen-bond acceptors (Lipinski definition) is 13. The summed E-state index contributed by atoms with van der Waals surface area (Å²) >= 11 is 15.9. The average Bonchev–Trinajstić information content (AvgIpc) is 4.13. The molecule has 8 rings (SSSR count). The molecule has 14 nitrogen and oxygen atoms in total. The van der Waals surface area contributed by atoms with Gasteiger partial charge >= 0.3 is 30.7 Å². The topological polar surface area (TPSA) is 178 Å². The van der Waals surface area contributed by atoms with Crippen molar-refractivity contribution in [2.24, 2.45) is 5.73 Å². The van der Waals surface area contributed by atoms with E-state index in [0.717, 1.165) is 46.9 Å². The molecule has 5 heterocycles. The third-order valence-corrected chi connectivity index (χ3v) is 11.7. The highest BCUT2D eigenvalue weighted by atomic mass is 35.5. The first-order chi connectivity index (χ1) is 35.2. The Morgan fingerprint density at radius 1 is 0.684 bits per heavy atom. The summed E-state index contributed by atoms with van der Waals surface area (Å²) in [6, 6.07) is 18.1. The van der Waals surface area contributed by atoms with Gasteiger partial charge in [0.05, 0.1) is 17.2 Å². The van der Waals surface area contributed by atoms with E-state index in [9.17, 15) is 62.3 Å². The molecular weight excluding hydrogens is 1140 g/mol. The molecule has 3 aromatic carbocycles. The van der Waals surface area contributed by atoms with Crippen LogP contribution < -0.4 is 20.2 Å². The van der Waals surface area contributed by atoms with Crippen LogP contribution in [0.4, 0.5) is 64.3 Å². The lowest BCUT2D eigenvalue weighted by atomic mass is 10.0. The Morgan fingerprint density at radius 2 is 1.14 bits per heavy atom. The number of halogens is 15. The smallest absolute Gasteiger partial charge is 0.451 e. The van der Waals surface area contributed by atoms with Gasteiger partial charge in [-0.05, 0) is 116 Å². The second-order valence-electron chi connectivity index (χ2n) is 16.1. The largest absolute Gasteiger partial charge is 0.480 e. The van der Waals surface area contributed by atoms with E-state index in [1.165, 1.54) is 45.0 Å². The summed E-state index contributed by atoms with van der Waals surface area (Å²) in [4.78, 5) is 41.0. The predicted molar refractivity (Wildman–Crippen MR) is 262 cm³/mol. The maximum Gasteiger partial charge on any atom is 0.451 e. The van der Waals surface area contributed by atoms with Crippen LogP contribution in [0, 0.1) is 0 Å². The minimum Gasteiger partial charge on any atom is -0.480 e. The van der Waals surface area contributed by atoms with Crippen LogP contribution in [-0.4, -0.2) is 83.7 Å². The van der Waals surface area contributed by atoms with Crippen molar-refractivity contribution in [2.75, 3.05) is 29.4 Å². The standard InChI is InChI=1S/C20H18ClF6N3O.C10H9ClF3N3O2.C9H10F3N.C6H4N3OPS.ClH/c21-16-11-17(29-18(28-16)20(25,26)27)30-10-2-4-14(30)15(31)5-1-3-12-6-8-13(9-7-12)19(22,23)24;11-6-4-7(16-9(15-6)10(12,13)14)17-3-1-2-5(17)8(18)19;10-9(11,12)8-3-1-7(2-4-8)5-6-13;12-11-10-9-6-4-2-1-3-5(6)7-8-9;/h6-9,11,14H,1-5,10H2;4-5H,1-3H2,(H,18,19);1-4H,5-6,13H2;1-4H;1H/t14-;5-;;;/m00.../s1. The van der Waals surface area contributed by atoms with Crippen molar-refractivity contribution in [3.63, 3.8) is 0 Å². The summed E-state index contributed by atoms with van der Waals surface area (Å²) in [5.41, 5.74) is 7.03. The van der Waals surface area contributed by atoms with Gasteiger partial charge in [-0.15, -0.1) is 17.5 Å². The van der Waals surface area contributed by atoms with Gasteiger partial charge in [-0.2, -0.15) is 52.7 Å². The molecule has 2 atom stereocenters. The number of nitrogens with two attached hydrogens (primary N) is 1. The highest BCUT2D eigenvalue weighted by Crippen LogP contribution is 2.35. The maximum atomic E-state index is 13.0. The molecule has 2 aliphatic rings. The third-order valence-electron chi connectivity index (χ3n) is 10.9. The first kappa shape index (κ1) is 62.8. The molecule has 0 spiro atoms. The fourth-order valence-electron chi connectivity index (χ4n) is 7.49. The first-order valence-corrected chi connectivity index (χ1v) is 24.6. The average molecular weight is 1180 g/mol. The molecule has 2 fully saturated rings. The lowest BCUT2D eigenvalue weighted by Gasteiger charge is -2.25. The van der Waals surface area contributed by atoms with Crippen molar-refractivity contribution in [1.82, 2.24) is 35.1 Å². The van der Waals surface area contributed by atoms with Gasteiger partial charge in [-0.25, -0.2) is 24.7 Å². The Labute approximate surface area is 447 Å². The fraction of sp³-hybridized carbons (Fsp3) is 0.378. The number of carboxylic acid groups (broad SMARTS) is 1. The Hall–Kier alpha value is -5.73. The van der Waals surface area contributed by atoms with Crippen LogP contribution in [0.5, 0.6) is 0 Å². The molecule has 412 valence electrons. The Kier molecular flexibility index (Phi) is 22.8. The third kappa shape index (κ3) is 18.2. The number of carboxylic acids is 1. The predicted octanol–water partition coefficient (Wildman–Crippen LogP) is 11.7. The van der Waals surface area contributed by atoms with Crippen LogP contribution in [0.3, 0.4) is 0 Å². The number of para-hydroxylation sites is 1. The number of hydrogen-bond donors (Lipinski definition) is 2. The highest BCUT2D eigenvalue weighted by molar-refractivity contribution is 7.94. The van der Waals surface area contributed by atoms with E-state index in [0.29, 0.717) is 77.7 Å². The molecule has 76 heavy (non-hydrogen) atoms. The molecule has 31 heteroatoms. The minimum absolute atomic E-state index is 0. The number of aliphatic carboxylic acids is 1. The van der Waals surface area contributed by atoms with E-state index in [-0.39, 0.29) is 46.6 Å². The number of benzene rings is 3. The van der Waals surface area contributed by atoms with Crippen molar-refractivity contribution in [3.05, 3.63) is 129 Å². The lowest BCUT2D eigenvalue weighted by Crippen LogP contribution is -2.37. The number of Topliss-reactive ketones (excluding diaryl/α,β-unsaturated/α-hetero) is 1. The molecule has 0 aliphatic carbocycles. The molecule has 0 unspecified atom stereocenters. The van der Waals surface area contributed by atoms with Crippen molar-refractivity contribution in [2.45, 2.75) is 88.2 Å². The zero-order valence-electron chi connectivity index (χ0n) is 38.8. The number of carbonyl (C=O) groups excluding carboxylic acids is 1. The van der Waals surface area contributed by atoms with Crippen molar-refractivity contribution >= 4 is 89.4 Å². The molecule has 0 radical (unpaired) electrons. The molecule has 2 saturated heterocycles. The van der Waals surface area contributed by atoms with Gasteiger partial charge in [0.1, 0.15) is 39.0 Å². The highest BCUT2D eigenvalue weighted by Gasteiger charge is 2.40. The SMILES string of the molecule is Cl.NCCc1ccc(C(F)(F)F)cc1.O=C(CCCc1ccc(C(F)(F)F)cc1)[C@@H]1CCCN1c1cc(Cl)nc(C(F)(F)F)n1.O=C(O)[C@@H]1CCCN1c1cc(Cl)nc(C(F)(F)F)n1.S=POn1nnc2ccccc21. The lowest BCUT2D eigenvalue weighted by molar-refractivity contribution is -0.145. The Bertz CT molecular complexity index is 2870. The second-order valence-corrected chi connectivity index (χ2v) is 17.7.